The first-order valence-corrected chi connectivity index (χ1v) is 6.36. The molecule has 1 aromatic carbocycles. The Morgan fingerprint density at radius 2 is 1.83 bits per heavy atom. The van der Waals surface area contributed by atoms with Crippen LogP contribution in [0.5, 0.6) is 0 Å². The molecule has 1 N–H and O–H groups in total. The number of rotatable bonds is 6. The van der Waals surface area contributed by atoms with Crippen LogP contribution in [0.25, 0.3) is 0 Å². The fourth-order valence-corrected chi connectivity index (χ4v) is 1.87. The first-order chi connectivity index (χ1) is 8.40. The van der Waals surface area contributed by atoms with E-state index in [0.717, 1.165) is 5.56 Å². The lowest BCUT2D eigenvalue weighted by atomic mass is 10.2. The molecule has 0 bridgehead atoms. The van der Waals surface area contributed by atoms with Crippen molar-refractivity contribution in [2.24, 2.45) is 0 Å². The largest absolute Gasteiger partial charge is 0.389 e. The molecular weight excluding hydrogens is 286 g/mol. The maximum atomic E-state index is 11.9. The lowest BCUT2D eigenvalue weighted by molar-refractivity contribution is -0.135. The lowest BCUT2D eigenvalue weighted by Crippen LogP contribution is -2.16. The van der Waals surface area contributed by atoms with E-state index in [2.05, 4.69) is 5.32 Å². The summed E-state index contributed by atoms with van der Waals surface area (Å²) in [7, 11) is 0. The van der Waals surface area contributed by atoms with Gasteiger partial charge >= 0.3 is 6.18 Å². The SMILES string of the molecule is FC(F)(F)CCCCNCc1cccc(Cl)c1Cl. The zero-order valence-corrected chi connectivity index (χ0v) is 11.2. The minimum absolute atomic E-state index is 0.139. The summed E-state index contributed by atoms with van der Waals surface area (Å²) < 4.78 is 35.6. The highest BCUT2D eigenvalue weighted by atomic mass is 35.5. The van der Waals surface area contributed by atoms with Gasteiger partial charge in [-0.1, -0.05) is 35.3 Å². The van der Waals surface area contributed by atoms with Gasteiger partial charge in [0.2, 0.25) is 0 Å². The van der Waals surface area contributed by atoms with Crippen LogP contribution in [-0.4, -0.2) is 12.7 Å². The molecule has 1 aromatic rings. The molecule has 1 nitrogen and oxygen atoms in total. The van der Waals surface area contributed by atoms with Crippen LogP contribution in [0.2, 0.25) is 10.0 Å². The Labute approximate surface area is 114 Å². The summed E-state index contributed by atoms with van der Waals surface area (Å²) in [6.45, 7) is 1.03. The third-order valence-electron chi connectivity index (χ3n) is 2.41. The molecule has 0 atom stereocenters. The van der Waals surface area contributed by atoms with Crippen LogP contribution < -0.4 is 5.32 Å². The van der Waals surface area contributed by atoms with Crippen molar-refractivity contribution in [3.05, 3.63) is 33.8 Å². The van der Waals surface area contributed by atoms with E-state index in [9.17, 15) is 13.2 Å². The van der Waals surface area contributed by atoms with Crippen LogP contribution in [0.15, 0.2) is 18.2 Å². The monoisotopic (exact) mass is 299 g/mol. The number of nitrogens with one attached hydrogen (secondary N) is 1. The van der Waals surface area contributed by atoms with E-state index < -0.39 is 12.6 Å². The van der Waals surface area contributed by atoms with E-state index in [1.54, 1.807) is 12.1 Å². The summed E-state index contributed by atoms with van der Waals surface area (Å²) in [4.78, 5) is 0. The minimum atomic E-state index is -4.06. The van der Waals surface area contributed by atoms with Crippen LogP contribution in [0, 0.1) is 0 Å². The molecule has 0 fully saturated rings. The highest BCUT2D eigenvalue weighted by molar-refractivity contribution is 6.42. The average molecular weight is 300 g/mol. The normalized spacial score (nSPS) is 11.8. The predicted octanol–water partition coefficient (Wildman–Crippen LogP) is 4.82. The molecule has 0 aliphatic rings. The number of halogens is 5. The predicted molar refractivity (Wildman–Crippen MR) is 68.1 cm³/mol. The number of hydrogen-bond donors (Lipinski definition) is 1. The van der Waals surface area contributed by atoms with Crippen LogP contribution in [0.3, 0.4) is 0 Å². The summed E-state index contributed by atoms with van der Waals surface area (Å²) in [6.07, 6.45) is -4.17. The standard InChI is InChI=1S/C12H14Cl2F3N/c13-10-5-3-4-9(11(10)14)8-18-7-2-1-6-12(15,16)17/h3-5,18H,1-2,6-8H2. The van der Waals surface area contributed by atoms with Gasteiger partial charge in [0.25, 0.3) is 0 Å². The van der Waals surface area contributed by atoms with Gasteiger partial charge in [-0.2, -0.15) is 13.2 Å². The number of unbranched alkanes of at least 4 members (excludes halogenated alkanes) is 1. The second-order valence-electron chi connectivity index (χ2n) is 3.96. The second kappa shape index (κ2) is 7.22. The summed E-state index contributed by atoms with van der Waals surface area (Å²) in [5.41, 5.74) is 0.847. The summed E-state index contributed by atoms with van der Waals surface area (Å²) in [5.74, 6) is 0. The zero-order valence-electron chi connectivity index (χ0n) is 9.66. The topological polar surface area (TPSA) is 12.0 Å². The van der Waals surface area contributed by atoms with Crippen molar-refractivity contribution < 1.29 is 13.2 Å². The van der Waals surface area contributed by atoms with Crippen LogP contribution in [0.1, 0.15) is 24.8 Å². The van der Waals surface area contributed by atoms with E-state index in [-0.39, 0.29) is 6.42 Å². The second-order valence-corrected chi connectivity index (χ2v) is 4.75. The smallest absolute Gasteiger partial charge is 0.313 e. The van der Waals surface area contributed by atoms with E-state index in [0.29, 0.717) is 29.6 Å². The Morgan fingerprint density at radius 3 is 2.50 bits per heavy atom. The van der Waals surface area contributed by atoms with Gasteiger partial charge in [0.15, 0.2) is 0 Å². The van der Waals surface area contributed by atoms with Crippen molar-refractivity contribution in [1.82, 2.24) is 5.32 Å². The van der Waals surface area contributed by atoms with E-state index in [1.165, 1.54) is 0 Å². The quantitative estimate of drug-likeness (QED) is 0.743. The highest BCUT2D eigenvalue weighted by Crippen LogP contribution is 2.25. The van der Waals surface area contributed by atoms with Gasteiger partial charge in [-0.05, 0) is 31.0 Å². The molecule has 0 spiro atoms. The van der Waals surface area contributed by atoms with E-state index in [4.69, 9.17) is 23.2 Å². The van der Waals surface area contributed by atoms with Gasteiger partial charge in [-0.25, -0.2) is 0 Å². The van der Waals surface area contributed by atoms with Crippen LogP contribution in [0.4, 0.5) is 13.2 Å². The van der Waals surface area contributed by atoms with E-state index in [1.807, 2.05) is 6.07 Å². The maximum Gasteiger partial charge on any atom is 0.389 e. The molecule has 102 valence electrons. The van der Waals surface area contributed by atoms with Gasteiger partial charge in [-0.3, -0.25) is 0 Å². The van der Waals surface area contributed by atoms with E-state index >= 15 is 0 Å². The van der Waals surface area contributed by atoms with Crippen molar-refractivity contribution in [3.8, 4) is 0 Å². The highest BCUT2D eigenvalue weighted by Gasteiger charge is 2.25. The average Bonchev–Trinajstić information content (AvgIpc) is 2.27. The summed E-state index contributed by atoms with van der Waals surface area (Å²) in [6, 6.07) is 5.31. The third kappa shape index (κ3) is 5.94. The number of hydrogen-bond acceptors (Lipinski definition) is 1. The van der Waals surface area contributed by atoms with Gasteiger partial charge in [0, 0.05) is 13.0 Å². The van der Waals surface area contributed by atoms with Crippen LogP contribution >= 0.6 is 23.2 Å². The fourth-order valence-electron chi connectivity index (χ4n) is 1.48. The van der Waals surface area contributed by atoms with Crippen molar-refractivity contribution in [1.29, 1.82) is 0 Å². The molecule has 1 rings (SSSR count). The molecule has 0 heterocycles. The Morgan fingerprint density at radius 1 is 1.11 bits per heavy atom. The Balaban J connectivity index is 2.20. The molecule has 0 saturated carbocycles. The molecule has 0 aliphatic heterocycles. The van der Waals surface area contributed by atoms with Gasteiger partial charge in [-0.15, -0.1) is 0 Å². The van der Waals surface area contributed by atoms with Gasteiger partial charge in [0.05, 0.1) is 10.0 Å². The van der Waals surface area contributed by atoms with Gasteiger partial charge in [0.1, 0.15) is 0 Å². The molecule has 0 aromatic heterocycles. The Bertz CT molecular complexity index is 380. The maximum absolute atomic E-state index is 11.9. The molecular formula is C12H14Cl2F3N. The number of alkyl halides is 3. The van der Waals surface area contributed by atoms with Crippen molar-refractivity contribution in [2.45, 2.75) is 32.0 Å². The third-order valence-corrected chi connectivity index (χ3v) is 3.27. The minimum Gasteiger partial charge on any atom is -0.313 e. The molecule has 0 amide bonds. The molecule has 0 unspecified atom stereocenters. The van der Waals surface area contributed by atoms with Crippen molar-refractivity contribution in [2.75, 3.05) is 6.54 Å². The Hall–Kier alpha value is -0.450. The number of benzene rings is 1. The van der Waals surface area contributed by atoms with Crippen molar-refractivity contribution in [3.63, 3.8) is 0 Å². The van der Waals surface area contributed by atoms with Gasteiger partial charge < -0.3 is 5.32 Å². The zero-order chi connectivity index (χ0) is 13.6. The molecule has 18 heavy (non-hydrogen) atoms. The summed E-state index contributed by atoms with van der Waals surface area (Å²) >= 11 is 11.8. The first kappa shape index (κ1) is 15.6. The van der Waals surface area contributed by atoms with Crippen molar-refractivity contribution >= 4 is 23.2 Å². The molecule has 0 radical (unpaired) electrons. The van der Waals surface area contributed by atoms with Crippen LogP contribution in [-0.2, 0) is 6.54 Å². The molecule has 0 aliphatic carbocycles. The first-order valence-electron chi connectivity index (χ1n) is 5.60. The fraction of sp³-hybridized carbons (Fsp3) is 0.500. The lowest BCUT2D eigenvalue weighted by Gasteiger charge is -2.08. The Kier molecular flexibility index (Phi) is 6.26. The summed E-state index contributed by atoms with van der Waals surface area (Å²) in [5, 5.41) is 4.01. The molecule has 0 saturated heterocycles. The molecule has 6 heteroatoms.